The first-order valence-corrected chi connectivity index (χ1v) is 14.3. The molecule has 2 aliphatic rings. The fourth-order valence-electron chi connectivity index (χ4n) is 4.29. The lowest BCUT2D eigenvalue weighted by Gasteiger charge is -2.40. The molecule has 6 N–H and O–H groups in total. The van der Waals surface area contributed by atoms with E-state index in [0.717, 1.165) is 19.3 Å². The molecule has 0 aliphatic carbocycles. The minimum absolute atomic E-state index is 0.184. The summed E-state index contributed by atoms with van der Waals surface area (Å²) in [7, 11) is 0. The van der Waals surface area contributed by atoms with E-state index in [9.17, 15) is 35.4 Å². The van der Waals surface area contributed by atoms with E-state index in [1.807, 2.05) is 19.1 Å². The highest BCUT2D eigenvalue weighted by Crippen LogP contribution is 2.24. The highest BCUT2D eigenvalue weighted by molar-refractivity contribution is 5.82. The molecule has 1 saturated heterocycles. The molecular formula is C31H46O10. The molecule has 2 aliphatic heterocycles. The Labute approximate surface area is 242 Å². The number of cyclic esters (lactones) is 1. The van der Waals surface area contributed by atoms with E-state index in [1.54, 1.807) is 54.7 Å². The molecule has 1 fully saturated rings. The zero-order valence-corrected chi connectivity index (χ0v) is 23.6. The van der Waals surface area contributed by atoms with E-state index >= 15 is 0 Å². The van der Waals surface area contributed by atoms with Crippen LogP contribution in [0.4, 0.5) is 0 Å². The Morgan fingerprint density at radius 3 is 2.34 bits per heavy atom. The average Bonchev–Trinajstić information content (AvgIpc) is 2.94. The third kappa shape index (κ3) is 13.4. The van der Waals surface area contributed by atoms with Gasteiger partial charge in [-0.05, 0) is 38.5 Å². The summed E-state index contributed by atoms with van der Waals surface area (Å²) in [6.07, 6.45) is 14.8. The Kier molecular flexibility index (Phi) is 16.7. The van der Waals surface area contributed by atoms with Crippen LogP contribution in [0, 0.1) is 0 Å². The third-order valence-corrected chi connectivity index (χ3v) is 6.72. The number of hydrogen-bond donors (Lipinski definition) is 6. The zero-order valence-electron chi connectivity index (χ0n) is 23.6. The minimum Gasteiger partial charge on any atom is -0.459 e. The second-order valence-corrected chi connectivity index (χ2v) is 10.1. The maximum absolute atomic E-state index is 12.2. The molecule has 9 atom stereocenters. The maximum Gasteiger partial charge on any atom is 0.331 e. The van der Waals surface area contributed by atoms with E-state index in [2.05, 4.69) is 0 Å². The van der Waals surface area contributed by atoms with Crippen molar-refractivity contribution < 1.29 is 49.6 Å². The largest absolute Gasteiger partial charge is 0.459 e. The molecule has 0 aromatic heterocycles. The van der Waals surface area contributed by atoms with Gasteiger partial charge in [0.2, 0.25) is 0 Å². The normalized spacial score (nSPS) is 39.9. The van der Waals surface area contributed by atoms with Gasteiger partial charge >= 0.3 is 5.97 Å². The summed E-state index contributed by atoms with van der Waals surface area (Å²) >= 11 is 0. The first-order valence-electron chi connectivity index (χ1n) is 14.3. The predicted molar refractivity (Wildman–Crippen MR) is 153 cm³/mol. The van der Waals surface area contributed by atoms with E-state index in [1.165, 1.54) is 6.08 Å². The van der Waals surface area contributed by atoms with Gasteiger partial charge in [-0.15, -0.1) is 0 Å². The van der Waals surface area contributed by atoms with E-state index < -0.39 is 61.6 Å². The van der Waals surface area contributed by atoms with E-state index in [0.29, 0.717) is 19.3 Å². The van der Waals surface area contributed by atoms with Crippen LogP contribution in [-0.4, -0.2) is 98.3 Å². The first-order chi connectivity index (χ1) is 19.7. The fraction of sp³-hybridized carbons (Fsp3) is 0.581. The molecule has 10 heteroatoms. The number of ether oxygens (including phenoxy) is 3. The van der Waals surface area contributed by atoms with Gasteiger partial charge in [-0.2, -0.15) is 0 Å². The van der Waals surface area contributed by atoms with Gasteiger partial charge in [0.15, 0.2) is 6.29 Å². The molecule has 2 heterocycles. The Morgan fingerprint density at radius 1 is 0.878 bits per heavy atom. The molecule has 0 aromatic carbocycles. The summed E-state index contributed by atoms with van der Waals surface area (Å²) in [4.78, 5) is 12.2. The van der Waals surface area contributed by atoms with Crippen molar-refractivity contribution in [3.63, 3.8) is 0 Å². The Hall–Kier alpha value is -2.41. The molecule has 10 nitrogen and oxygen atoms in total. The van der Waals surface area contributed by atoms with Gasteiger partial charge < -0.3 is 44.8 Å². The smallest absolute Gasteiger partial charge is 0.331 e. The van der Waals surface area contributed by atoms with Gasteiger partial charge in [0, 0.05) is 12.5 Å². The average molecular weight is 579 g/mol. The van der Waals surface area contributed by atoms with Gasteiger partial charge in [-0.1, -0.05) is 73.8 Å². The minimum atomic E-state index is -1.57. The summed E-state index contributed by atoms with van der Waals surface area (Å²) in [5, 5.41) is 60.3. The second kappa shape index (κ2) is 19.7. The summed E-state index contributed by atoms with van der Waals surface area (Å²) in [6.45, 7) is 1.39. The molecule has 0 bridgehead atoms. The number of esters is 1. The van der Waals surface area contributed by atoms with Crippen LogP contribution in [0.5, 0.6) is 0 Å². The van der Waals surface area contributed by atoms with Crippen molar-refractivity contribution in [1.82, 2.24) is 0 Å². The topological polar surface area (TPSA) is 166 Å². The van der Waals surface area contributed by atoms with Crippen LogP contribution >= 0.6 is 0 Å². The standard InChI is InChI=1S/C31H46O10/c1-2-24-16-10-5-3-4-8-14-22(33)20-23(34)15-9-6-11-17-25(18-12-7-13-19-27(35)39-24)40-31-30(38)29(37)28(36)26(21-32)41-31/h3-4,6-9,11-14,17,19,22-26,28-34,36-38H,2,5,10,15-16,18,20-21H2,1H3/b4-3+,9-6-,12-7+,14-8+,17-11+,19-13-/t22-,23-,24+,25+,26-,28-,29+,30-,31-/m0/s1. The number of rotatable bonds is 4. The number of allylic oxidation sites excluding steroid dienone is 7. The van der Waals surface area contributed by atoms with Gasteiger partial charge in [0.1, 0.15) is 30.5 Å². The number of carbonyl (C=O) groups excluding carboxylic acids is 1. The van der Waals surface area contributed by atoms with Crippen LogP contribution in [0.2, 0.25) is 0 Å². The van der Waals surface area contributed by atoms with Crippen LogP contribution in [0.1, 0.15) is 51.9 Å². The number of carbonyl (C=O) groups is 1. The molecule has 0 spiro atoms. The fourth-order valence-corrected chi connectivity index (χ4v) is 4.29. The highest BCUT2D eigenvalue weighted by atomic mass is 16.7. The van der Waals surface area contributed by atoms with Crippen molar-refractivity contribution in [2.24, 2.45) is 0 Å². The Bertz CT molecular complexity index is 922. The maximum atomic E-state index is 12.2. The summed E-state index contributed by atoms with van der Waals surface area (Å²) < 4.78 is 16.9. The predicted octanol–water partition coefficient (Wildman–Crippen LogP) is 1.91. The van der Waals surface area contributed by atoms with Crippen LogP contribution in [0.3, 0.4) is 0 Å². The van der Waals surface area contributed by atoms with E-state index in [4.69, 9.17) is 14.2 Å². The molecule has 0 saturated carbocycles. The Balaban J connectivity index is 2.14. The highest BCUT2D eigenvalue weighted by Gasteiger charge is 2.44. The third-order valence-electron chi connectivity index (χ3n) is 6.72. The lowest BCUT2D eigenvalue weighted by atomic mass is 9.99. The first kappa shape index (κ1) is 34.8. The van der Waals surface area contributed by atoms with E-state index in [-0.39, 0.29) is 12.5 Å². The van der Waals surface area contributed by atoms with Crippen molar-refractivity contribution in [3.05, 3.63) is 72.9 Å². The molecule has 0 unspecified atom stereocenters. The molecule has 0 radical (unpaired) electrons. The molecule has 230 valence electrons. The SMILES string of the molecule is CC[C@@H]1CCC/C=C/C=C/[C@H](O)C[C@@H](O)C/C=C\C=C\[C@@H](O[C@H]2O[C@@H](CO)[C@H](O)[C@@H](O)[C@@H]2O)C/C=C/C=C\C(=O)O1. The van der Waals surface area contributed by atoms with Crippen molar-refractivity contribution in [2.45, 2.75) is 107 Å². The molecule has 0 amide bonds. The summed E-state index contributed by atoms with van der Waals surface area (Å²) in [5.41, 5.74) is 0. The van der Waals surface area contributed by atoms with Crippen LogP contribution in [0.25, 0.3) is 0 Å². The van der Waals surface area contributed by atoms with Crippen molar-refractivity contribution in [1.29, 1.82) is 0 Å². The lowest BCUT2D eigenvalue weighted by Crippen LogP contribution is -2.59. The van der Waals surface area contributed by atoms with Crippen molar-refractivity contribution >= 4 is 5.97 Å². The number of aliphatic hydroxyl groups excluding tert-OH is 6. The summed E-state index contributed by atoms with van der Waals surface area (Å²) in [5.74, 6) is -0.440. The number of hydrogen-bond acceptors (Lipinski definition) is 10. The molecule has 2 rings (SSSR count). The monoisotopic (exact) mass is 578 g/mol. The zero-order chi connectivity index (χ0) is 30.0. The lowest BCUT2D eigenvalue weighted by molar-refractivity contribution is -0.307. The Morgan fingerprint density at radius 2 is 1.59 bits per heavy atom. The van der Waals surface area contributed by atoms with Crippen molar-refractivity contribution in [2.75, 3.05) is 6.61 Å². The molecular weight excluding hydrogens is 532 g/mol. The second-order valence-electron chi connectivity index (χ2n) is 10.1. The van der Waals surface area contributed by atoms with Crippen LogP contribution < -0.4 is 0 Å². The van der Waals surface area contributed by atoms with Gasteiger partial charge in [-0.25, -0.2) is 4.79 Å². The van der Waals surface area contributed by atoms with Crippen molar-refractivity contribution in [3.8, 4) is 0 Å². The molecule has 0 aromatic rings. The van der Waals surface area contributed by atoms with Gasteiger partial charge in [0.25, 0.3) is 0 Å². The van der Waals surface area contributed by atoms with Crippen LogP contribution in [-0.2, 0) is 19.0 Å². The summed E-state index contributed by atoms with van der Waals surface area (Å²) in [6, 6.07) is 0. The molecule has 41 heavy (non-hydrogen) atoms. The quantitative estimate of drug-likeness (QED) is 0.271. The van der Waals surface area contributed by atoms with Gasteiger partial charge in [-0.3, -0.25) is 0 Å². The number of aliphatic hydroxyl groups is 6. The van der Waals surface area contributed by atoms with Crippen LogP contribution in [0.15, 0.2) is 72.9 Å². The van der Waals surface area contributed by atoms with Gasteiger partial charge in [0.05, 0.1) is 24.9 Å².